The summed E-state index contributed by atoms with van der Waals surface area (Å²) < 4.78 is 12.0. The fourth-order valence-corrected chi connectivity index (χ4v) is 5.01. The van der Waals surface area contributed by atoms with E-state index in [0.717, 1.165) is 0 Å². The third-order valence-corrected chi connectivity index (χ3v) is 11.1. The van der Waals surface area contributed by atoms with E-state index in [9.17, 15) is 19.7 Å². The van der Waals surface area contributed by atoms with Crippen LogP contribution in [0.3, 0.4) is 0 Å². The molecule has 0 aliphatic carbocycles. The number of carbonyl (C=O) groups excluding carboxylic acids is 2. The van der Waals surface area contributed by atoms with E-state index in [4.69, 9.17) is 9.16 Å². The Hall–Kier alpha value is -2.46. The number of hydrogen-bond donors (Lipinski definition) is 1. The molecule has 2 heterocycles. The van der Waals surface area contributed by atoms with Gasteiger partial charge < -0.3 is 19.4 Å². The number of hydrogen-bond acceptors (Lipinski definition) is 6. The van der Waals surface area contributed by atoms with E-state index >= 15 is 0 Å². The van der Waals surface area contributed by atoms with E-state index in [1.54, 1.807) is 17.0 Å². The number of nitrogens with zero attached hydrogens (tertiary/aromatic N) is 2. The Balaban J connectivity index is 1.65. The van der Waals surface area contributed by atoms with Crippen LogP contribution in [0.2, 0.25) is 18.1 Å². The number of rotatable bonds is 6. The molecule has 0 saturated carbocycles. The normalized spacial score (nSPS) is 23.8. The zero-order chi connectivity index (χ0) is 23.0. The second kappa shape index (κ2) is 8.58. The lowest BCUT2D eigenvalue weighted by Gasteiger charge is -2.38. The standard InChI is InChI=1S/C21H31N3O6Si/c1-21(2,3)31(4,5)30-16-10-18(17-11-19(25)22-17)23(12-16)20(26)29-13-14-6-8-15(9-7-14)24(27)28/h6-9,16-18H,10-13H2,1-5H3,(H,22,25)/t16-,17+,18+/m1/s1. The number of amides is 2. The molecule has 0 aromatic heterocycles. The van der Waals surface area contributed by atoms with Crippen molar-refractivity contribution in [1.82, 2.24) is 10.2 Å². The summed E-state index contributed by atoms with van der Waals surface area (Å²) in [5, 5.41) is 13.7. The first-order valence-corrected chi connectivity index (χ1v) is 13.4. The zero-order valence-corrected chi connectivity index (χ0v) is 19.7. The van der Waals surface area contributed by atoms with Crippen molar-refractivity contribution in [1.29, 1.82) is 0 Å². The molecule has 2 amide bonds. The van der Waals surface area contributed by atoms with E-state index in [2.05, 4.69) is 39.2 Å². The van der Waals surface area contributed by atoms with Crippen molar-refractivity contribution in [3.63, 3.8) is 0 Å². The van der Waals surface area contributed by atoms with Crippen LogP contribution in [0.25, 0.3) is 0 Å². The van der Waals surface area contributed by atoms with Gasteiger partial charge in [-0.15, -0.1) is 0 Å². The van der Waals surface area contributed by atoms with Crippen LogP contribution in [-0.2, 0) is 20.6 Å². The highest BCUT2D eigenvalue weighted by molar-refractivity contribution is 6.74. The number of likely N-dealkylation sites (tertiary alicyclic amines) is 1. The summed E-state index contributed by atoms with van der Waals surface area (Å²) >= 11 is 0. The minimum Gasteiger partial charge on any atom is -0.445 e. The molecule has 170 valence electrons. The number of ether oxygens (including phenoxy) is 1. The van der Waals surface area contributed by atoms with Crippen LogP contribution < -0.4 is 5.32 Å². The maximum absolute atomic E-state index is 12.9. The molecule has 2 saturated heterocycles. The predicted molar refractivity (Wildman–Crippen MR) is 117 cm³/mol. The van der Waals surface area contributed by atoms with Gasteiger partial charge in [0.1, 0.15) is 6.61 Å². The molecule has 0 spiro atoms. The summed E-state index contributed by atoms with van der Waals surface area (Å²) in [5.74, 6) is -0.0158. The SMILES string of the molecule is CC(C)(C)[Si](C)(C)O[C@@H]1C[C@@H]([C@@H]2CC(=O)N2)N(C(=O)OCc2ccc([N+](=O)[O-])cc2)C1. The highest BCUT2D eigenvalue weighted by atomic mass is 28.4. The molecule has 3 atom stereocenters. The molecule has 3 rings (SSSR count). The van der Waals surface area contributed by atoms with E-state index in [-0.39, 0.29) is 41.4 Å². The van der Waals surface area contributed by atoms with Gasteiger partial charge in [0.15, 0.2) is 8.32 Å². The predicted octanol–water partition coefficient (Wildman–Crippen LogP) is 3.58. The van der Waals surface area contributed by atoms with Crippen molar-refractivity contribution in [3.05, 3.63) is 39.9 Å². The van der Waals surface area contributed by atoms with Gasteiger partial charge in [0, 0.05) is 25.1 Å². The van der Waals surface area contributed by atoms with Gasteiger partial charge in [-0.25, -0.2) is 4.79 Å². The van der Waals surface area contributed by atoms with E-state index in [1.165, 1.54) is 12.1 Å². The summed E-state index contributed by atoms with van der Waals surface area (Å²) in [5.41, 5.74) is 0.654. The summed E-state index contributed by atoms with van der Waals surface area (Å²) in [6.45, 7) is 11.3. The lowest BCUT2D eigenvalue weighted by atomic mass is 9.95. The van der Waals surface area contributed by atoms with Crippen molar-refractivity contribution in [2.45, 2.75) is 76.5 Å². The number of nitrogens with one attached hydrogen (secondary N) is 1. The molecule has 0 radical (unpaired) electrons. The van der Waals surface area contributed by atoms with E-state index in [0.29, 0.717) is 24.9 Å². The first kappa shape index (κ1) is 23.2. The second-order valence-electron chi connectivity index (χ2n) is 9.81. The van der Waals surface area contributed by atoms with Crippen molar-refractivity contribution < 1.29 is 23.7 Å². The van der Waals surface area contributed by atoms with Gasteiger partial charge in [-0.2, -0.15) is 0 Å². The van der Waals surface area contributed by atoms with Gasteiger partial charge in [0.2, 0.25) is 5.91 Å². The summed E-state index contributed by atoms with van der Waals surface area (Å²) in [7, 11) is -2.01. The van der Waals surface area contributed by atoms with Crippen LogP contribution in [0, 0.1) is 10.1 Å². The van der Waals surface area contributed by atoms with Crippen molar-refractivity contribution in [3.8, 4) is 0 Å². The molecule has 2 fully saturated rings. The molecule has 2 aliphatic heterocycles. The van der Waals surface area contributed by atoms with Crippen LogP contribution in [-0.4, -0.2) is 54.9 Å². The summed E-state index contributed by atoms with van der Waals surface area (Å²) in [6, 6.07) is 5.65. The van der Waals surface area contributed by atoms with Gasteiger partial charge >= 0.3 is 6.09 Å². The van der Waals surface area contributed by atoms with Gasteiger partial charge in [-0.3, -0.25) is 14.9 Å². The number of β-lactam (4-membered cyclic amide) rings is 1. The van der Waals surface area contributed by atoms with Crippen LogP contribution in [0.4, 0.5) is 10.5 Å². The van der Waals surface area contributed by atoms with Crippen molar-refractivity contribution in [2.75, 3.05) is 6.54 Å². The average molecular weight is 450 g/mol. The maximum atomic E-state index is 12.9. The van der Waals surface area contributed by atoms with Crippen LogP contribution >= 0.6 is 0 Å². The molecule has 1 N–H and O–H groups in total. The molecule has 1 aromatic rings. The highest BCUT2D eigenvalue weighted by Crippen LogP contribution is 2.39. The molecular weight excluding hydrogens is 418 g/mol. The van der Waals surface area contributed by atoms with Gasteiger partial charge in [0.05, 0.1) is 23.1 Å². The van der Waals surface area contributed by atoms with E-state index < -0.39 is 19.3 Å². The van der Waals surface area contributed by atoms with Crippen LogP contribution in [0.1, 0.15) is 39.2 Å². The Kier molecular flexibility index (Phi) is 6.42. The molecule has 2 aliphatic rings. The largest absolute Gasteiger partial charge is 0.445 e. The van der Waals surface area contributed by atoms with Crippen molar-refractivity contribution in [2.24, 2.45) is 0 Å². The lowest BCUT2D eigenvalue weighted by molar-refractivity contribution is -0.384. The Morgan fingerprint density at radius 2 is 1.90 bits per heavy atom. The highest BCUT2D eigenvalue weighted by Gasteiger charge is 2.48. The minimum atomic E-state index is -2.01. The van der Waals surface area contributed by atoms with Gasteiger partial charge in [-0.1, -0.05) is 20.8 Å². The molecule has 0 bridgehead atoms. The Morgan fingerprint density at radius 3 is 2.42 bits per heavy atom. The van der Waals surface area contributed by atoms with Gasteiger partial charge in [0.25, 0.3) is 5.69 Å². The Bertz CT molecular complexity index is 844. The molecule has 0 unspecified atom stereocenters. The Labute approximate surface area is 183 Å². The topological polar surface area (TPSA) is 111 Å². The first-order chi connectivity index (χ1) is 14.4. The average Bonchev–Trinajstić information content (AvgIpc) is 3.05. The summed E-state index contributed by atoms with van der Waals surface area (Å²) in [4.78, 5) is 36.3. The minimum absolute atomic E-state index is 0.0129. The Morgan fingerprint density at radius 1 is 1.29 bits per heavy atom. The van der Waals surface area contributed by atoms with E-state index in [1.807, 2.05) is 0 Å². The quantitative estimate of drug-likeness (QED) is 0.307. The molecule has 9 nitrogen and oxygen atoms in total. The number of nitro groups is 1. The summed E-state index contributed by atoms with van der Waals surface area (Å²) in [6.07, 6.45) is 0.481. The zero-order valence-electron chi connectivity index (χ0n) is 18.7. The third-order valence-electron chi connectivity index (χ3n) is 6.53. The molecular formula is C21H31N3O6Si. The lowest BCUT2D eigenvalue weighted by Crippen LogP contribution is -2.59. The van der Waals surface area contributed by atoms with Gasteiger partial charge in [-0.05, 0) is 42.2 Å². The fourth-order valence-electron chi connectivity index (χ4n) is 3.66. The first-order valence-electron chi connectivity index (χ1n) is 10.5. The van der Waals surface area contributed by atoms with Crippen LogP contribution in [0.5, 0.6) is 0 Å². The monoisotopic (exact) mass is 449 g/mol. The molecule has 10 heteroatoms. The number of benzene rings is 1. The molecule has 1 aromatic carbocycles. The number of carbonyl (C=O) groups is 2. The fraction of sp³-hybridized carbons (Fsp3) is 0.619. The third kappa shape index (κ3) is 5.24. The van der Waals surface area contributed by atoms with Crippen molar-refractivity contribution >= 4 is 26.0 Å². The maximum Gasteiger partial charge on any atom is 0.410 e. The number of nitro benzene ring substituents is 1. The van der Waals surface area contributed by atoms with Crippen LogP contribution in [0.15, 0.2) is 24.3 Å². The smallest absolute Gasteiger partial charge is 0.410 e. The number of non-ortho nitro benzene ring substituents is 1. The molecule has 31 heavy (non-hydrogen) atoms. The second-order valence-corrected chi connectivity index (χ2v) is 14.6.